The summed E-state index contributed by atoms with van der Waals surface area (Å²) in [6.45, 7) is 0. The fourth-order valence-corrected chi connectivity index (χ4v) is 6.77. The summed E-state index contributed by atoms with van der Waals surface area (Å²) in [6, 6.07) is 37.1. The van der Waals surface area contributed by atoms with Crippen LogP contribution in [-0.4, -0.2) is 5.90 Å². The summed E-state index contributed by atoms with van der Waals surface area (Å²) < 4.78 is 12.6. The van der Waals surface area contributed by atoms with Crippen LogP contribution >= 0.6 is 0 Å². The van der Waals surface area contributed by atoms with Crippen molar-refractivity contribution in [2.75, 3.05) is 0 Å². The van der Waals surface area contributed by atoms with Gasteiger partial charge in [-0.15, -0.1) is 0 Å². The second-order valence-electron chi connectivity index (χ2n) is 10.9. The Morgan fingerprint density at radius 1 is 0.750 bits per heavy atom. The lowest BCUT2D eigenvalue weighted by Gasteiger charge is -2.43. The first-order valence-corrected chi connectivity index (χ1v) is 14.1. The molecule has 1 heterocycles. The minimum Gasteiger partial charge on any atom is -0.457 e. The van der Waals surface area contributed by atoms with Crippen LogP contribution in [0.2, 0.25) is 0 Å². The molecule has 5 aromatic carbocycles. The van der Waals surface area contributed by atoms with Gasteiger partial charge in [-0.1, -0.05) is 98.1 Å². The Labute approximate surface area is 234 Å². The smallest absolute Gasteiger partial charge is 0.215 e. The Hall–Kier alpha value is -4.41. The van der Waals surface area contributed by atoms with Gasteiger partial charge in [-0.3, -0.25) is 11.1 Å². The van der Waals surface area contributed by atoms with Crippen molar-refractivity contribution in [2.24, 2.45) is 5.73 Å². The van der Waals surface area contributed by atoms with Gasteiger partial charge in [-0.25, -0.2) is 0 Å². The molecule has 5 aromatic rings. The number of fused-ring (bicyclic) bond motifs is 5. The van der Waals surface area contributed by atoms with Gasteiger partial charge in [0.25, 0.3) is 0 Å². The van der Waals surface area contributed by atoms with Crippen LogP contribution < -0.4 is 10.5 Å². The van der Waals surface area contributed by atoms with Gasteiger partial charge < -0.3 is 9.47 Å². The van der Waals surface area contributed by atoms with Crippen molar-refractivity contribution in [3.8, 4) is 22.6 Å². The van der Waals surface area contributed by atoms with E-state index in [-0.39, 0.29) is 11.3 Å². The van der Waals surface area contributed by atoms with Crippen molar-refractivity contribution < 1.29 is 9.47 Å². The van der Waals surface area contributed by atoms with E-state index >= 15 is 0 Å². The number of ether oxygens (including phenoxy) is 2. The van der Waals surface area contributed by atoms with Crippen molar-refractivity contribution in [2.45, 2.75) is 43.7 Å². The van der Waals surface area contributed by atoms with E-state index in [2.05, 4.69) is 66.7 Å². The molecule has 1 aliphatic heterocycles. The summed E-state index contributed by atoms with van der Waals surface area (Å²) in [5.74, 6) is 1.98. The summed E-state index contributed by atoms with van der Waals surface area (Å²) in [5, 5.41) is 10.7. The molecular weight excluding hydrogens is 492 g/mol. The normalized spacial score (nSPS) is 16.0. The fourth-order valence-electron chi connectivity index (χ4n) is 6.77. The average Bonchev–Trinajstić information content (AvgIpc) is 3.01. The van der Waals surface area contributed by atoms with Gasteiger partial charge in [0.05, 0.1) is 0 Å². The molecule has 3 N–H and O–H groups in total. The highest BCUT2D eigenvalue weighted by atomic mass is 16.5. The molecular formula is C36H32N2O2. The van der Waals surface area contributed by atoms with Crippen LogP contribution in [0.3, 0.4) is 0 Å². The predicted octanol–water partition coefficient (Wildman–Crippen LogP) is 8.86. The maximum absolute atomic E-state index is 8.60. The van der Waals surface area contributed by atoms with Crippen molar-refractivity contribution >= 4 is 16.7 Å². The fraction of sp³-hybridized carbons (Fsp3) is 0.194. The lowest BCUT2D eigenvalue weighted by atomic mass is 9.63. The molecule has 4 nitrogen and oxygen atoms in total. The highest BCUT2D eigenvalue weighted by Crippen LogP contribution is 2.55. The molecule has 0 bridgehead atoms. The van der Waals surface area contributed by atoms with Gasteiger partial charge in [-0.2, -0.15) is 0 Å². The minimum atomic E-state index is -0.814. The highest BCUT2D eigenvalue weighted by molar-refractivity contribution is 5.94. The quantitative estimate of drug-likeness (QED) is 0.140. The summed E-state index contributed by atoms with van der Waals surface area (Å²) in [5.41, 5.74) is 13.0. The first-order chi connectivity index (χ1) is 19.6. The van der Waals surface area contributed by atoms with E-state index < -0.39 is 6.23 Å². The minimum absolute atomic E-state index is 0.0521. The molecule has 2 aliphatic rings. The van der Waals surface area contributed by atoms with Gasteiger partial charge in [-0.05, 0) is 65.1 Å². The molecule has 40 heavy (non-hydrogen) atoms. The van der Waals surface area contributed by atoms with Crippen molar-refractivity contribution in [3.63, 3.8) is 0 Å². The Kier molecular flexibility index (Phi) is 6.13. The van der Waals surface area contributed by atoms with E-state index in [1.165, 1.54) is 30.4 Å². The second-order valence-corrected chi connectivity index (χ2v) is 10.9. The van der Waals surface area contributed by atoms with Gasteiger partial charge in [0.15, 0.2) is 6.23 Å². The first kappa shape index (κ1) is 24.6. The number of para-hydroxylation sites is 1. The van der Waals surface area contributed by atoms with Crippen LogP contribution in [0.25, 0.3) is 21.9 Å². The van der Waals surface area contributed by atoms with Crippen LogP contribution in [0.5, 0.6) is 11.5 Å². The maximum atomic E-state index is 8.60. The predicted molar refractivity (Wildman–Crippen MR) is 161 cm³/mol. The molecule has 0 aromatic heterocycles. The standard InChI is InChI=1S/C36H32N2O2/c37-34(25-12-3-1-4-13-25)40-35(38)33-27-14-6-5-11-24(27)17-19-28(33)26-18-20-32-30(23-26)36(21-9-2-10-22-36)29-15-7-8-16-31(29)39-32/h1,3-8,11-20,23,35,37H,2,9-10,21-22,38H2. The van der Waals surface area contributed by atoms with E-state index in [0.717, 1.165) is 51.8 Å². The summed E-state index contributed by atoms with van der Waals surface area (Å²) in [7, 11) is 0. The zero-order chi connectivity index (χ0) is 27.1. The highest BCUT2D eigenvalue weighted by Gasteiger charge is 2.43. The Bertz CT molecular complexity index is 1720. The van der Waals surface area contributed by atoms with Gasteiger partial charge in [0, 0.05) is 27.7 Å². The number of hydrogen-bond donors (Lipinski definition) is 2. The van der Waals surface area contributed by atoms with Gasteiger partial charge in [0.1, 0.15) is 11.5 Å². The zero-order valence-electron chi connectivity index (χ0n) is 22.4. The Morgan fingerprint density at radius 2 is 1.48 bits per heavy atom. The topological polar surface area (TPSA) is 68.3 Å². The molecule has 7 rings (SSSR count). The van der Waals surface area contributed by atoms with E-state index in [0.29, 0.717) is 5.56 Å². The van der Waals surface area contributed by atoms with Gasteiger partial charge in [0.2, 0.25) is 5.90 Å². The van der Waals surface area contributed by atoms with Crippen LogP contribution in [0.1, 0.15) is 60.6 Å². The summed E-state index contributed by atoms with van der Waals surface area (Å²) in [4.78, 5) is 0. The summed E-state index contributed by atoms with van der Waals surface area (Å²) in [6.07, 6.45) is 5.11. The molecule has 0 radical (unpaired) electrons. The number of hydrogen-bond acceptors (Lipinski definition) is 4. The van der Waals surface area contributed by atoms with E-state index in [9.17, 15) is 0 Å². The maximum Gasteiger partial charge on any atom is 0.215 e. The van der Waals surface area contributed by atoms with Crippen molar-refractivity contribution in [1.29, 1.82) is 5.41 Å². The Morgan fingerprint density at radius 3 is 2.33 bits per heavy atom. The molecule has 0 amide bonds. The molecule has 1 saturated carbocycles. The SMILES string of the molecule is N=C(OC(N)c1c(-c2ccc3c(c2)C2(CCCCC2)c2ccccc2O3)ccc2ccccc12)c1ccccc1. The van der Waals surface area contributed by atoms with Gasteiger partial charge >= 0.3 is 0 Å². The molecule has 1 fully saturated rings. The molecule has 0 saturated heterocycles. The summed E-state index contributed by atoms with van der Waals surface area (Å²) >= 11 is 0. The first-order valence-electron chi connectivity index (χ1n) is 14.1. The second kappa shape index (κ2) is 9.96. The van der Waals surface area contributed by atoms with Crippen LogP contribution in [0, 0.1) is 5.41 Å². The molecule has 4 heteroatoms. The average molecular weight is 525 g/mol. The molecule has 1 spiro atoms. The van der Waals surface area contributed by atoms with Crippen LogP contribution in [0.15, 0.2) is 109 Å². The van der Waals surface area contributed by atoms with Crippen molar-refractivity contribution in [3.05, 3.63) is 131 Å². The van der Waals surface area contributed by atoms with Crippen LogP contribution in [0.4, 0.5) is 0 Å². The van der Waals surface area contributed by atoms with E-state index in [1.807, 2.05) is 42.5 Å². The van der Waals surface area contributed by atoms with E-state index in [1.54, 1.807) is 0 Å². The lowest BCUT2D eigenvalue weighted by molar-refractivity contribution is 0.201. The molecule has 1 aliphatic carbocycles. The van der Waals surface area contributed by atoms with Crippen molar-refractivity contribution in [1.82, 2.24) is 0 Å². The number of nitrogens with two attached hydrogens (primary N) is 1. The largest absolute Gasteiger partial charge is 0.457 e. The third kappa shape index (κ3) is 4.07. The Balaban J connectivity index is 1.36. The zero-order valence-corrected chi connectivity index (χ0v) is 22.4. The molecule has 1 unspecified atom stereocenters. The number of rotatable bonds is 4. The molecule has 198 valence electrons. The third-order valence-corrected chi connectivity index (χ3v) is 8.67. The monoisotopic (exact) mass is 524 g/mol. The number of benzene rings is 5. The lowest BCUT2D eigenvalue weighted by Crippen LogP contribution is -2.33. The number of nitrogens with one attached hydrogen (secondary N) is 1. The van der Waals surface area contributed by atoms with E-state index in [4.69, 9.17) is 20.6 Å². The third-order valence-electron chi connectivity index (χ3n) is 8.67. The molecule has 1 atom stereocenters. The van der Waals surface area contributed by atoms with Crippen LogP contribution in [-0.2, 0) is 10.2 Å².